The van der Waals surface area contributed by atoms with Crippen LogP contribution in [0.15, 0.2) is 42.5 Å². The highest BCUT2D eigenvalue weighted by atomic mass is 16.4. The van der Waals surface area contributed by atoms with Crippen LogP contribution in [0.4, 0.5) is 0 Å². The van der Waals surface area contributed by atoms with Crippen molar-refractivity contribution in [2.75, 3.05) is 6.54 Å². The largest absolute Gasteiger partial charge is 0.478 e. The van der Waals surface area contributed by atoms with E-state index >= 15 is 0 Å². The van der Waals surface area contributed by atoms with E-state index in [-0.39, 0.29) is 33.0 Å². The van der Waals surface area contributed by atoms with Crippen LogP contribution in [0.2, 0.25) is 0 Å². The molecule has 0 saturated heterocycles. The highest BCUT2D eigenvalue weighted by molar-refractivity contribution is 5.88. The van der Waals surface area contributed by atoms with E-state index < -0.39 is 11.5 Å². The minimum atomic E-state index is -0.875. The van der Waals surface area contributed by atoms with Crippen LogP contribution in [0, 0.1) is 56.7 Å². The second-order valence-corrected chi connectivity index (χ2v) is 18.5. The van der Waals surface area contributed by atoms with Crippen LogP contribution in [0.5, 0.6) is 0 Å². The molecule has 0 spiro atoms. The van der Waals surface area contributed by atoms with Crippen LogP contribution < -0.4 is 11.1 Å². The topological polar surface area (TPSA) is 92.4 Å². The van der Waals surface area contributed by atoms with Gasteiger partial charge in [-0.2, -0.15) is 0 Å². The van der Waals surface area contributed by atoms with E-state index in [2.05, 4.69) is 59.5 Å². The molecule has 47 heavy (non-hydrogen) atoms. The number of rotatable bonds is 7. The number of carboxylic acid groups (broad SMARTS) is 1. The number of nitrogens with one attached hydrogen (secondary N) is 1. The fourth-order valence-corrected chi connectivity index (χ4v) is 13.5. The number of carbonyl (C=O) groups excluding carboxylic acids is 1. The minimum Gasteiger partial charge on any atom is -0.478 e. The van der Waals surface area contributed by atoms with Crippen molar-refractivity contribution in [1.29, 1.82) is 0 Å². The predicted molar refractivity (Wildman–Crippen MR) is 192 cm³/mol. The minimum absolute atomic E-state index is 0.0115. The van der Waals surface area contributed by atoms with Gasteiger partial charge >= 0.3 is 5.97 Å². The molecule has 1 amide bonds. The number of benzene rings is 1. The van der Waals surface area contributed by atoms with Crippen molar-refractivity contribution in [2.24, 2.45) is 62.4 Å². The molecule has 1 aromatic rings. The zero-order valence-electron chi connectivity index (χ0n) is 30.6. The number of allylic oxidation sites excluding steroid dienone is 3. The molecule has 0 radical (unpaired) electrons. The van der Waals surface area contributed by atoms with Crippen LogP contribution in [0.1, 0.15) is 136 Å². The second-order valence-electron chi connectivity index (χ2n) is 18.5. The molecule has 1 aromatic carbocycles. The lowest BCUT2D eigenvalue weighted by atomic mass is 9.31. The summed E-state index contributed by atoms with van der Waals surface area (Å²) in [4.78, 5) is 25.9. The third-order valence-corrected chi connectivity index (χ3v) is 15.5. The molecule has 0 bridgehead atoms. The number of hydrogen-bond acceptors (Lipinski definition) is 3. The zero-order valence-corrected chi connectivity index (χ0v) is 30.6. The molecule has 0 heterocycles. The molecule has 0 aliphatic heterocycles. The fourth-order valence-electron chi connectivity index (χ4n) is 13.5. The number of nitrogens with two attached hydrogens (primary N) is 1. The lowest BCUT2D eigenvalue weighted by molar-refractivity contribution is -0.233. The smallest absolute Gasteiger partial charge is 0.335 e. The molecule has 258 valence electrons. The van der Waals surface area contributed by atoms with E-state index in [1.807, 2.05) is 26.0 Å². The van der Waals surface area contributed by atoms with Gasteiger partial charge in [0.1, 0.15) is 0 Å². The Morgan fingerprint density at radius 2 is 1.66 bits per heavy atom. The first-order chi connectivity index (χ1) is 21.9. The Labute approximate surface area is 284 Å². The molecule has 5 heteroatoms. The van der Waals surface area contributed by atoms with Gasteiger partial charge in [-0.15, -0.1) is 0 Å². The number of carboxylic acids is 1. The monoisotopic (exact) mass is 642 g/mol. The Bertz CT molecular complexity index is 1470. The van der Waals surface area contributed by atoms with Gasteiger partial charge in [-0.1, -0.05) is 65.0 Å². The van der Waals surface area contributed by atoms with E-state index in [4.69, 9.17) is 5.73 Å². The molecule has 6 rings (SSSR count). The second kappa shape index (κ2) is 11.3. The number of hydrogen-bond donors (Lipinski definition) is 3. The number of aromatic carboxylic acids is 1. The highest BCUT2D eigenvalue weighted by Gasteiger charge is 2.72. The van der Waals surface area contributed by atoms with Gasteiger partial charge in [0, 0.05) is 12.1 Å². The van der Waals surface area contributed by atoms with Crippen LogP contribution in [-0.2, 0) is 4.79 Å². The summed E-state index contributed by atoms with van der Waals surface area (Å²) >= 11 is 0. The Morgan fingerprint density at radius 3 is 2.26 bits per heavy atom. The van der Waals surface area contributed by atoms with Crippen molar-refractivity contribution in [3.8, 4) is 0 Å². The molecule has 4 N–H and O–H groups in total. The van der Waals surface area contributed by atoms with E-state index in [0.29, 0.717) is 41.7 Å². The SMILES string of the molecule is C=C(C)C1CCC2(C(=O)NCC(C)(C)N)CCC3(CC)C(CCC4C5(C)CC=C(c6ccc(C(=O)O)cc6)C(C)(C)C5CCC43C)C12. The van der Waals surface area contributed by atoms with Crippen LogP contribution in [-0.4, -0.2) is 29.1 Å². The Hall–Kier alpha value is -2.40. The number of carbonyl (C=O) groups is 2. The molecule has 4 fully saturated rings. The summed E-state index contributed by atoms with van der Waals surface area (Å²) in [6.07, 6.45) is 13.8. The third kappa shape index (κ3) is 4.94. The molecule has 9 atom stereocenters. The molecule has 0 aromatic heterocycles. The average Bonchev–Trinajstić information content (AvgIpc) is 3.40. The molecule has 5 nitrogen and oxygen atoms in total. The predicted octanol–water partition coefficient (Wildman–Crippen LogP) is 9.28. The van der Waals surface area contributed by atoms with Crippen LogP contribution in [0.3, 0.4) is 0 Å². The van der Waals surface area contributed by atoms with E-state index in [1.165, 1.54) is 43.3 Å². The van der Waals surface area contributed by atoms with Crippen molar-refractivity contribution < 1.29 is 14.7 Å². The first-order valence-corrected chi connectivity index (χ1v) is 18.6. The van der Waals surface area contributed by atoms with Gasteiger partial charge in [-0.3, -0.25) is 4.79 Å². The maximum absolute atomic E-state index is 14.3. The quantitative estimate of drug-likeness (QED) is 0.259. The molecule has 4 saturated carbocycles. The maximum Gasteiger partial charge on any atom is 0.335 e. The summed E-state index contributed by atoms with van der Waals surface area (Å²) in [5.41, 5.74) is 10.4. The Kier molecular flexibility index (Phi) is 8.30. The first kappa shape index (κ1) is 34.5. The number of fused-ring (bicyclic) bond motifs is 7. The van der Waals surface area contributed by atoms with Gasteiger partial charge in [0.05, 0.1) is 11.0 Å². The zero-order chi connectivity index (χ0) is 34.4. The molecule has 5 aliphatic rings. The van der Waals surface area contributed by atoms with Gasteiger partial charge in [0.15, 0.2) is 0 Å². The normalized spacial score (nSPS) is 40.6. The van der Waals surface area contributed by atoms with E-state index in [9.17, 15) is 14.7 Å². The van der Waals surface area contributed by atoms with Gasteiger partial charge in [-0.05, 0) is 159 Å². The van der Waals surface area contributed by atoms with Crippen molar-refractivity contribution in [3.05, 3.63) is 53.6 Å². The average molecular weight is 643 g/mol. The summed E-state index contributed by atoms with van der Waals surface area (Å²) in [6.45, 7) is 23.9. The summed E-state index contributed by atoms with van der Waals surface area (Å²) in [6, 6.07) is 7.55. The van der Waals surface area contributed by atoms with Crippen molar-refractivity contribution >= 4 is 17.4 Å². The molecular weight excluding hydrogens is 580 g/mol. The van der Waals surface area contributed by atoms with Crippen molar-refractivity contribution in [3.63, 3.8) is 0 Å². The van der Waals surface area contributed by atoms with E-state index in [1.54, 1.807) is 12.1 Å². The number of amides is 1. The summed E-state index contributed by atoms with van der Waals surface area (Å²) < 4.78 is 0. The summed E-state index contributed by atoms with van der Waals surface area (Å²) in [7, 11) is 0. The Morgan fingerprint density at radius 1 is 0.979 bits per heavy atom. The van der Waals surface area contributed by atoms with E-state index in [0.717, 1.165) is 37.7 Å². The van der Waals surface area contributed by atoms with Gasteiger partial charge in [-0.25, -0.2) is 4.79 Å². The standard InChI is InChI=1S/C42H62N2O3/c1-10-42-24-23-41(36(47)44-25-37(4,5)43)22-17-29(26(2)3)34(41)31(42)15-16-33-39(8)20-18-30(27-11-13-28(14-12-27)35(45)46)38(6,7)32(39)19-21-40(33,42)9/h11-14,18,29,31-34H,2,10,15-17,19-25,43H2,1,3-9H3,(H,44,47)(H,45,46). The molecule has 9 unspecified atom stereocenters. The summed E-state index contributed by atoms with van der Waals surface area (Å²) in [5, 5.41) is 12.8. The van der Waals surface area contributed by atoms with Gasteiger partial charge < -0.3 is 16.2 Å². The van der Waals surface area contributed by atoms with Gasteiger partial charge in [0.25, 0.3) is 0 Å². The summed E-state index contributed by atoms with van der Waals surface area (Å²) in [5.74, 6) is 1.84. The van der Waals surface area contributed by atoms with Crippen molar-refractivity contribution in [2.45, 2.75) is 125 Å². The third-order valence-electron chi connectivity index (χ3n) is 15.5. The van der Waals surface area contributed by atoms with Crippen LogP contribution in [0.25, 0.3) is 5.57 Å². The molecular formula is C42H62N2O3. The fraction of sp³-hybridized carbons (Fsp3) is 0.714. The van der Waals surface area contributed by atoms with Crippen molar-refractivity contribution in [1.82, 2.24) is 5.32 Å². The van der Waals surface area contributed by atoms with Crippen LogP contribution >= 0.6 is 0 Å². The lowest BCUT2D eigenvalue weighted by Crippen LogP contribution is -2.67. The Balaban J connectivity index is 1.37. The first-order valence-electron chi connectivity index (χ1n) is 18.6. The lowest BCUT2D eigenvalue weighted by Gasteiger charge is -2.73. The van der Waals surface area contributed by atoms with Gasteiger partial charge in [0.2, 0.25) is 5.91 Å². The highest BCUT2D eigenvalue weighted by Crippen LogP contribution is 2.78. The maximum atomic E-state index is 14.3. The molecule has 5 aliphatic carbocycles.